The average Bonchev–Trinajstić information content (AvgIpc) is 1.69. The summed E-state index contributed by atoms with van der Waals surface area (Å²) in [5.41, 5.74) is 0. The fraction of sp³-hybridized carbons (Fsp3) is 0.800. The Hall–Kier alpha value is 0.150. The average molecular weight is 162 g/mol. The lowest BCUT2D eigenvalue weighted by Crippen LogP contribution is -1.97. The summed E-state index contributed by atoms with van der Waals surface area (Å²) >= 11 is 3.34. The molecular formula is C5H8BrN. The highest BCUT2D eigenvalue weighted by molar-refractivity contribution is 9.18. The number of nitrogens with zero attached hydrogens (tertiary/aromatic N) is 1. The van der Waals surface area contributed by atoms with Crippen molar-refractivity contribution in [2.75, 3.05) is 6.54 Å². The fourth-order valence-corrected chi connectivity index (χ4v) is 1.12. The zero-order valence-electron chi connectivity index (χ0n) is 4.15. The van der Waals surface area contributed by atoms with Gasteiger partial charge in [0.1, 0.15) is 0 Å². The van der Waals surface area contributed by atoms with Gasteiger partial charge in [0.15, 0.2) is 0 Å². The van der Waals surface area contributed by atoms with Crippen LogP contribution in [0.4, 0.5) is 0 Å². The minimum atomic E-state index is 1.03. The van der Waals surface area contributed by atoms with Crippen LogP contribution in [-0.4, -0.2) is 11.2 Å². The fourth-order valence-electron chi connectivity index (χ4n) is 0.662. The Bertz CT molecular complexity index is 88.1. The molecule has 0 bridgehead atoms. The minimum absolute atomic E-state index is 1.03. The maximum Gasteiger partial charge on any atom is 0.0774 e. The van der Waals surface area contributed by atoms with E-state index in [4.69, 9.17) is 0 Å². The van der Waals surface area contributed by atoms with Crippen molar-refractivity contribution in [2.24, 2.45) is 4.99 Å². The van der Waals surface area contributed by atoms with Gasteiger partial charge in [0.2, 0.25) is 0 Å². The van der Waals surface area contributed by atoms with Gasteiger partial charge in [-0.05, 0) is 35.2 Å². The molecule has 0 aliphatic carbocycles. The molecule has 0 aromatic heterocycles. The summed E-state index contributed by atoms with van der Waals surface area (Å²) in [4.78, 5) is 4.16. The van der Waals surface area contributed by atoms with Crippen molar-refractivity contribution < 1.29 is 0 Å². The first-order valence-corrected chi connectivity index (χ1v) is 3.38. The van der Waals surface area contributed by atoms with Crippen LogP contribution < -0.4 is 0 Å². The van der Waals surface area contributed by atoms with Crippen LogP contribution in [0.3, 0.4) is 0 Å². The molecule has 1 heterocycles. The molecule has 0 unspecified atom stereocenters. The van der Waals surface area contributed by atoms with E-state index in [1.807, 2.05) is 0 Å². The summed E-state index contributed by atoms with van der Waals surface area (Å²) in [5, 5.41) is 0. The largest absolute Gasteiger partial charge is 0.282 e. The molecule has 1 rings (SSSR count). The monoisotopic (exact) mass is 161 g/mol. The van der Waals surface area contributed by atoms with Gasteiger partial charge in [-0.15, -0.1) is 0 Å². The van der Waals surface area contributed by atoms with Crippen LogP contribution in [0, 0.1) is 0 Å². The van der Waals surface area contributed by atoms with Crippen molar-refractivity contribution in [2.45, 2.75) is 19.3 Å². The predicted octanol–water partition coefficient (Wildman–Crippen LogP) is 1.96. The molecule has 0 aromatic rings. The molecule has 1 nitrogen and oxygen atoms in total. The van der Waals surface area contributed by atoms with Crippen molar-refractivity contribution in [1.82, 2.24) is 0 Å². The van der Waals surface area contributed by atoms with Crippen molar-refractivity contribution in [3.63, 3.8) is 0 Å². The minimum Gasteiger partial charge on any atom is -0.282 e. The summed E-state index contributed by atoms with van der Waals surface area (Å²) in [6, 6.07) is 0. The summed E-state index contributed by atoms with van der Waals surface area (Å²) in [5.74, 6) is 0. The van der Waals surface area contributed by atoms with E-state index in [-0.39, 0.29) is 0 Å². The van der Waals surface area contributed by atoms with E-state index in [0.29, 0.717) is 0 Å². The number of hydrogen-bond donors (Lipinski definition) is 0. The van der Waals surface area contributed by atoms with Crippen molar-refractivity contribution in [1.29, 1.82) is 0 Å². The third-order valence-electron chi connectivity index (χ3n) is 1.07. The van der Waals surface area contributed by atoms with Crippen molar-refractivity contribution >= 4 is 20.6 Å². The van der Waals surface area contributed by atoms with Crippen molar-refractivity contribution in [3.8, 4) is 0 Å². The Kier molecular flexibility index (Phi) is 1.86. The summed E-state index contributed by atoms with van der Waals surface area (Å²) in [6.45, 7) is 1.03. The molecule has 0 saturated heterocycles. The van der Waals surface area contributed by atoms with E-state index in [2.05, 4.69) is 20.9 Å². The first kappa shape index (κ1) is 5.29. The van der Waals surface area contributed by atoms with E-state index in [0.717, 1.165) is 17.6 Å². The highest BCUT2D eigenvalue weighted by atomic mass is 79.9. The second-order valence-electron chi connectivity index (χ2n) is 1.72. The number of halogens is 1. The standard InChI is InChI=1S/C5H8BrN/c6-5-3-1-2-4-7-5/h1-4H2. The lowest BCUT2D eigenvalue weighted by Gasteiger charge is -2.03. The molecule has 0 N–H and O–H groups in total. The summed E-state index contributed by atoms with van der Waals surface area (Å²) in [7, 11) is 0. The van der Waals surface area contributed by atoms with Crippen LogP contribution >= 0.6 is 15.9 Å². The van der Waals surface area contributed by atoms with E-state index < -0.39 is 0 Å². The third-order valence-corrected chi connectivity index (χ3v) is 1.72. The van der Waals surface area contributed by atoms with Gasteiger partial charge in [-0.25, -0.2) is 0 Å². The summed E-state index contributed by atoms with van der Waals surface area (Å²) < 4.78 is 1.15. The molecular weight excluding hydrogens is 154 g/mol. The Balaban J connectivity index is 2.40. The van der Waals surface area contributed by atoms with Crippen LogP contribution in [0.5, 0.6) is 0 Å². The van der Waals surface area contributed by atoms with Crippen LogP contribution in [0.15, 0.2) is 4.99 Å². The number of rotatable bonds is 0. The maximum atomic E-state index is 4.16. The third kappa shape index (κ3) is 1.59. The Morgan fingerprint density at radius 2 is 2.29 bits per heavy atom. The Morgan fingerprint density at radius 1 is 1.43 bits per heavy atom. The maximum absolute atomic E-state index is 4.16. The van der Waals surface area contributed by atoms with Gasteiger partial charge >= 0.3 is 0 Å². The van der Waals surface area contributed by atoms with Crippen LogP contribution in [-0.2, 0) is 0 Å². The normalized spacial score (nSPS) is 21.6. The lowest BCUT2D eigenvalue weighted by atomic mass is 10.2. The van der Waals surface area contributed by atoms with Gasteiger partial charge in [0.25, 0.3) is 0 Å². The van der Waals surface area contributed by atoms with Crippen LogP contribution in [0.2, 0.25) is 0 Å². The van der Waals surface area contributed by atoms with Gasteiger partial charge in [-0.1, -0.05) is 0 Å². The predicted molar refractivity (Wildman–Crippen MR) is 35.1 cm³/mol. The molecule has 0 aromatic carbocycles. The Morgan fingerprint density at radius 3 is 2.57 bits per heavy atom. The van der Waals surface area contributed by atoms with Crippen molar-refractivity contribution in [3.05, 3.63) is 0 Å². The van der Waals surface area contributed by atoms with Gasteiger partial charge in [0, 0.05) is 6.54 Å². The number of aliphatic imine (C=N–C) groups is 1. The molecule has 40 valence electrons. The molecule has 0 radical (unpaired) electrons. The van der Waals surface area contributed by atoms with Crippen LogP contribution in [0.25, 0.3) is 0 Å². The highest BCUT2D eigenvalue weighted by Gasteiger charge is 1.98. The zero-order chi connectivity index (χ0) is 5.11. The first-order valence-electron chi connectivity index (χ1n) is 2.58. The second-order valence-corrected chi connectivity index (χ2v) is 2.63. The molecule has 0 spiro atoms. The molecule has 7 heavy (non-hydrogen) atoms. The molecule has 0 atom stereocenters. The van der Waals surface area contributed by atoms with Crippen LogP contribution in [0.1, 0.15) is 19.3 Å². The quantitative estimate of drug-likeness (QED) is 0.516. The molecule has 1 aliphatic heterocycles. The summed E-state index contributed by atoms with van der Waals surface area (Å²) in [6.07, 6.45) is 3.74. The first-order chi connectivity index (χ1) is 3.39. The molecule has 0 amide bonds. The molecule has 0 saturated carbocycles. The van der Waals surface area contributed by atoms with E-state index in [1.54, 1.807) is 0 Å². The second kappa shape index (κ2) is 2.46. The van der Waals surface area contributed by atoms with Gasteiger partial charge < -0.3 is 0 Å². The molecule has 1 aliphatic rings. The zero-order valence-corrected chi connectivity index (χ0v) is 5.74. The van der Waals surface area contributed by atoms with E-state index in [9.17, 15) is 0 Å². The lowest BCUT2D eigenvalue weighted by molar-refractivity contribution is 0.746. The highest BCUT2D eigenvalue weighted by Crippen LogP contribution is 2.08. The van der Waals surface area contributed by atoms with E-state index in [1.165, 1.54) is 12.8 Å². The number of hydrogen-bond acceptors (Lipinski definition) is 1. The molecule has 2 heteroatoms. The van der Waals surface area contributed by atoms with Gasteiger partial charge in [-0.3, -0.25) is 4.99 Å². The van der Waals surface area contributed by atoms with Gasteiger partial charge in [0.05, 0.1) is 4.62 Å². The smallest absolute Gasteiger partial charge is 0.0774 e. The van der Waals surface area contributed by atoms with Gasteiger partial charge in [-0.2, -0.15) is 0 Å². The topological polar surface area (TPSA) is 12.4 Å². The Labute approximate surface area is 52.0 Å². The van der Waals surface area contributed by atoms with E-state index >= 15 is 0 Å². The SMILES string of the molecule is BrC1=NCCCC1. The molecule has 0 fully saturated rings.